The molecule has 144 valence electrons. The highest BCUT2D eigenvalue weighted by Gasteiger charge is 2.22. The van der Waals surface area contributed by atoms with Crippen LogP contribution in [0.2, 0.25) is 0 Å². The summed E-state index contributed by atoms with van der Waals surface area (Å²) in [6, 6.07) is 11.7. The number of aromatic amines is 1. The first kappa shape index (κ1) is 19.2. The molecule has 1 aromatic heterocycles. The second-order valence-electron chi connectivity index (χ2n) is 6.87. The van der Waals surface area contributed by atoms with Gasteiger partial charge in [-0.1, -0.05) is 43.2 Å². The Morgan fingerprint density at radius 2 is 1.89 bits per heavy atom. The van der Waals surface area contributed by atoms with Crippen LogP contribution >= 0.6 is 0 Å². The summed E-state index contributed by atoms with van der Waals surface area (Å²) in [7, 11) is 1.43. The maximum absolute atomic E-state index is 12.5. The molecular formula is C21H27N3O3. The molecule has 6 nitrogen and oxygen atoms in total. The number of likely N-dealkylation sites (tertiary alicyclic amines) is 1. The molecule has 1 aromatic carbocycles. The minimum absolute atomic E-state index is 0.123. The van der Waals surface area contributed by atoms with E-state index in [1.807, 2.05) is 18.2 Å². The molecule has 2 heterocycles. The number of hydrogen-bond donors (Lipinski definition) is 2. The Kier molecular flexibility index (Phi) is 6.65. The minimum Gasteiger partial charge on any atom is -0.491 e. The molecule has 27 heavy (non-hydrogen) atoms. The van der Waals surface area contributed by atoms with E-state index in [9.17, 15) is 9.59 Å². The van der Waals surface area contributed by atoms with Crippen LogP contribution in [0.4, 0.5) is 0 Å². The van der Waals surface area contributed by atoms with E-state index in [-0.39, 0.29) is 28.8 Å². The van der Waals surface area contributed by atoms with Crippen LogP contribution in [-0.2, 0) is 0 Å². The lowest BCUT2D eigenvalue weighted by molar-refractivity contribution is 0.0928. The number of carbonyl (C=O) groups excluding carboxylic acids is 1. The van der Waals surface area contributed by atoms with Crippen LogP contribution in [0.1, 0.15) is 47.8 Å². The van der Waals surface area contributed by atoms with Gasteiger partial charge in [0.1, 0.15) is 5.69 Å². The van der Waals surface area contributed by atoms with Gasteiger partial charge in [-0.2, -0.15) is 0 Å². The fourth-order valence-electron chi connectivity index (χ4n) is 3.57. The number of ether oxygens (including phenoxy) is 1. The van der Waals surface area contributed by atoms with Gasteiger partial charge >= 0.3 is 0 Å². The summed E-state index contributed by atoms with van der Waals surface area (Å²) < 4.78 is 4.94. The second kappa shape index (κ2) is 9.37. The van der Waals surface area contributed by atoms with E-state index in [0.717, 1.165) is 13.1 Å². The normalized spacial score (nSPS) is 16.3. The number of nitrogens with zero attached hydrogens (tertiary/aromatic N) is 1. The van der Waals surface area contributed by atoms with Crippen LogP contribution in [0.3, 0.4) is 0 Å². The Morgan fingerprint density at radius 1 is 1.19 bits per heavy atom. The van der Waals surface area contributed by atoms with Gasteiger partial charge < -0.3 is 15.0 Å². The molecule has 0 saturated carbocycles. The van der Waals surface area contributed by atoms with E-state index in [1.54, 1.807) is 0 Å². The van der Waals surface area contributed by atoms with Gasteiger partial charge in [0.15, 0.2) is 5.75 Å². The summed E-state index contributed by atoms with van der Waals surface area (Å²) in [6.07, 6.45) is 6.31. The lowest BCUT2D eigenvalue weighted by atomic mass is 10.0. The van der Waals surface area contributed by atoms with Crippen molar-refractivity contribution in [2.75, 3.05) is 26.7 Å². The average molecular weight is 369 g/mol. The predicted molar refractivity (Wildman–Crippen MR) is 105 cm³/mol. The van der Waals surface area contributed by atoms with Gasteiger partial charge in [0.25, 0.3) is 5.91 Å². The summed E-state index contributed by atoms with van der Waals surface area (Å²) >= 11 is 0. The lowest BCUT2D eigenvalue weighted by Crippen LogP contribution is -2.39. The Balaban J connectivity index is 1.73. The molecule has 2 aromatic rings. The highest BCUT2D eigenvalue weighted by Crippen LogP contribution is 2.23. The molecule has 6 heteroatoms. The third-order valence-electron chi connectivity index (χ3n) is 5.06. The van der Waals surface area contributed by atoms with Gasteiger partial charge in [-0.05, 0) is 31.5 Å². The number of amides is 1. The second-order valence-corrected chi connectivity index (χ2v) is 6.87. The third kappa shape index (κ3) is 4.98. The number of hydrogen-bond acceptors (Lipinski definition) is 4. The molecule has 1 unspecified atom stereocenters. The number of aromatic nitrogens is 1. The van der Waals surface area contributed by atoms with E-state index >= 15 is 0 Å². The average Bonchev–Trinajstić information content (AvgIpc) is 2.98. The molecule has 2 N–H and O–H groups in total. The Labute approximate surface area is 159 Å². The smallest absolute Gasteiger partial charge is 0.267 e. The lowest BCUT2D eigenvalue weighted by Gasteiger charge is -2.31. The molecular weight excluding hydrogens is 342 g/mol. The van der Waals surface area contributed by atoms with Crippen molar-refractivity contribution in [3.63, 3.8) is 0 Å². The van der Waals surface area contributed by atoms with Crippen molar-refractivity contribution >= 4 is 5.91 Å². The highest BCUT2D eigenvalue weighted by molar-refractivity contribution is 5.92. The third-order valence-corrected chi connectivity index (χ3v) is 5.06. The molecule has 1 fully saturated rings. The Hall–Kier alpha value is -2.60. The molecule has 0 bridgehead atoms. The largest absolute Gasteiger partial charge is 0.491 e. The van der Waals surface area contributed by atoms with E-state index in [1.165, 1.54) is 50.6 Å². The molecule has 0 spiro atoms. The van der Waals surface area contributed by atoms with E-state index < -0.39 is 0 Å². The van der Waals surface area contributed by atoms with Crippen LogP contribution in [0.5, 0.6) is 5.75 Å². The van der Waals surface area contributed by atoms with Crippen molar-refractivity contribution in [3.8, 4) is 5.75 Å². The molecule has 3 rings (SSSR count). The summed E-state index contributed by atoms with van der Waals surface area (Å²) in [4.78, 5) is 29.7. The van der Waals surface area contributed by atoms with Crippen LogP contribution < -0.4 is 15.5 Å². The zero-order chi connectivity index (χ0) is 19.1. The van der Waals surface area contributed by atoms with Crippen LogP contribution in [0.25, 0.3) is 0 Å². The number of nitrogens with one attached hydrogen (secondary N) is 2. The predicted octanol–water partition coefficient (Wildman–Crippen LogP) is 2.73. The molecule has 0 radical (unpaired) electrons. The highest BCUT2D eigenvalue weighted by atomic mass is 16.5. The number of carbonyl (C=O) groups is 1. The Morgan fingerprint density at radius 3 is 2.52 bits per heavy atom. The number of H-pyrrole nitrogens is 1. The fourth-order valence-corrected chi connectivity index (χ4v) is 3.57. The van der Waals surface area contributed by atoms with Crippen molar-refractivity contribution < 1.29 is 9.53 Å². The maximum atomic E-state index is 12.5. The zero-order valence-electron chi connectivity index (χ0n) is 15.7. The first-order valence-corrected chi connectivity index (χ1v) is 9.53. The first-order chi connectivity index (χ1) is 13.2. The van der Waals surface area contributed by atoms with Crippen LogP contribution in [-0.4, -0.2) is 42.5 Å². The quantitative estimate of drug-likeness (QED) is 0.821. The van der Waals surface area contributed by atoms with Crippen molar-refractivity contribution in [2.24, 2.45) is 0 Å². The summed E-state index contributed by atoms with van der Waals surface area (Å²) in [5.41, 5.74) is 1.12. The van der Waals surface area contributed by atoms with Gasteiger partial charge in [0, 0.05) is 18.8 Å². The first-order valence-electron chi connectivity index (χ1n) is 9.53. The van der Waals surface area contributed by atoms with E-state index in [4.69, 9.17) is 4.74 Å². The van der Waals surface area contributed by atoms with Gasteiger partial charge in [0.2, 0.25) is 5.43 Å². The van der Waals surface area contributed by atoms with Gasteiger partial charge in [0.05, 0.1) is 13.2 Å². The summed E-state index contributed by atoms with van der Waals surface area (Å²) in [5, 5.41) is 2.99. The van der Waals surface area contributed by atoms with Crippen LogP contribution in [0.15, 0.2) is 47.4 Å². The van der Waals surface area contributed by atoms with E-state index in [0.29, 0.717) is 6.54 Å². The standard InChI is InChI=1S/C21H27N3O3/c1-27-20-15-22-17(13-19(20)25)21(26)23-14-18(16-9-5-4-6-10-16)24-11-7-2-3-8-12-24/h4-6,9-10,13,15,18H,2-3,7-8,11-12,14H2,1H3,(H,22,25)(H,23,26). The molecule has 1 aliphatic heterocycles. The minimum atomic E-state index is -0.312. The Bertz CT molecular complexity index is 796. The van der Waals surface area contributed by atoms with Gasteiger partial charge in [-0.15, -0.1) is 0 Å². The van der Waals surface area contributed by atoms with Gasteiger partial charge in [-0.25, -0.2) is 0 Å². The number of pyridine rings is 1. The van der Waals surface area contributed by atoms with Crippen molar-refractivity contribution in [1.82, 2.24) is 15.2 Å². The zero-order valence-corrected chi connectivity index (χ0v) is 15.7. The summed E-state index contributed by atoms with van der Waals surface area (Å²) in [6.45, 7) is 2.57. The number of rotatable bonds is 6. The molecule has 1 atom stereocenters. The van der Waals surface area contributed by atoms with Crippen molar-refractivity contribution in [3.05, 3.63) is 64.1 Å². The molecule has 1 amide bonds. The molecule has 1 saturated heterocycles. The SMILES string of the molecule is COc1c[nH]c(C(=O)NCC(c2ccccc2)N2CCCCCC2)cc1=O. The topological polar surface area (TPSA) is 74.4 Å². The summed E-state index contributed by atoms with van der Waals surface area (Å²) in [5.74, 6) is -0.0937. The van der Waals surface area contributed by atoms with Gasteiger partial charge in [-0.3, -0.25) is 14.5 Å². The monoisotopic (exact) mass is 369 g/mol. The number of methoxy groups -OCH3 is 1. The fraction of sp³-hybridized carbons (Fsp3) is 0.429. The maximum Gasteiger partial charge on any atom is 0.267 e. The number of benzene rings is 1. The van der Waals surface area contributed by atoms with Crippen molar-refractivity contribution in [2.45, 2.75) is 31.7 Å². The van der Waals surface area contributed by atoms with E-state index in [2.05, 4.69) is 27.3 Å². The van der Waals surface area contributed by atoms with Crippen molar-refractivity contribution in [1.29, 1.82) is 0 Å². The molecule has 1 aliphatic rings. The molecule has 0 aliphatic carbocycles. The van der Waals surface area contributed by atoms with Crippen LogP contribution in [0, 0.1) is 0 Å².